The standard InChI is InChI=1S/C10H21NO.C2H6/c1-7(2)6-10(9(5)12)11-8(3)4;1-2/h7-8,10-11H,6H2,1-5H3;1-2H3. The molecule has 1 unspecified atom stereocenters. The highest BCUT2D eigenvalue weighted by atomic mass is 16.1. The van der Waals surface area contributed by atoms with Gasteiger partial charge in [-0.2, -0.15) is 0 Å². The van der Waals surface area contributed by atoms with Crippen LogP contribution in [-0.2, 0) is 4.79 Å². The van der Waals surface area contributed by atoms with E-state index in [1.165, 1.54) is 0 Å². The van der Waals surface area contributed by atoms with Crippen LogP contribution >= 0.6 is 0 Å². The van der Waals surface area contributed by atoms with Crippen LogP contribution in [0.1, 0.15) is 54.9 Å². The van der Waals surface area contributed by atoms with Crippen LogP contribution in [0.4, 0.5) is 0 Å². The van der Waals surface area contributed by atoms with Crippen LogP contribution in [0.5, 0.6) is 0 Å². The Balaban J connectivity index is 0. The molecule has 86 valence electrons. The first-order chi connectivity index (χ1) is 6.43. The summed E-state index contributed by atoms with van der Waals surface area (Å²) in [7, 11) is 0. The summed E-state index contributed by atoms with van der Waals surface area (Å²) >= 11 is 0. The highest BCUT2D eigenvalue weighted by Crippen LogP contribution is 2.06. The van der Waals surface area contributed by atoms with Crippen molar-refractivity contribution in [2.24, 2.45) is 5.92 Å². The number of carbonyl (C=O) groups is 1. The van der Waals surface area contributed by atoms with E-state index in [2.05, 4.69) is 33.0 Å². The van der Waals surface area contributed by atoms with Crippen LogP contribution in [0, 0.1) is 5.92 Å². The van der Waals surface area contributed by atoms with Crippen molar-refractivity contribution in [1.29, 1.82) is 0 Å². The zero-order valence-corrected chi connectivity index (χ0v) is 10.8. The average Bonchev–Trinajstić information content (AvgIpc) is 2.05. The van der Waals surface area contributed by atoms with Crippen molar-refractivity contribution >= 4 is 5.78 Å². The number of rotatable bonds is 5. The second-order valence-electron chi connectivity index (χ2n) is 4.11. The van der Waals surface area contributed by atoms with Crippen molar-refractivity contribution in [3.05, 3.63) is 0 Å². The molecule has 0 bridgehead atoms. The van der Waals surface area contributed by atoms with Gasteiger partial charge < -0.3 is 5.32 Å². The summed E-state index contributed by atoms with van der Waals surface area (Å²) in [6, 6.07) is 0.433. The van der Waals surface area contributed by atoms with Crippen LogP contribution in [0.15, 0.2) is 0 Å². The number of ketones is 1. The number of Topliss-reactive ketones (excluding diaryl/α,β-unsaturated/α-hetero) is 1. The predicted octanol–water partition coefficient (Wildman–Crippen LogP) is 3.01. The molecule has 0 aliphatic rings. The summed E-state index contributed by atoms with van der Waals surface area (Å²) < 4.78 is 0. The van der Waals surface area contributed by atoms with Crippen LogP contribution < -0.4 is 5.32 Å². The average molecular weight is 201 g/mol. The zero-order chi connectivity index (χ0) is 11.7. The Hall–Kier alpha value is -0.370. The van der Waals surface area contributed by atoms with E-state index in [1.54, 1.807) is 6.92 Å². The van der Waals surface area contributed by atoms with E-state index in [4.69, 9.17) is 0 Å². The quantitative estimate of drug-likeness (QED) is 0.741. The van der Waals surface area contributed by atoms with E-state index >= 15 is 0 Å². The Morgan fingerprint density at radius 2 is 1.57 bits per heavy atom. The van der Waals surface area contributed by atoms with Crippen molar-refractivity contribution in [3.63, 3.8) is 0 Å². The largest absolute Gasteiger partial charge is 0.305 e. The minimum absolute atomic E-state index is 0.0463. The normalized spacial score (nSPS) is 12.4. The van der Waals surface area contributed by atoms with Crippen LogP contribution in [0.2, 0.25) is 0 Å². The summed E-state index contributed by atoms with van der Waals surface area (Å²) in [6.45, 7) is 14.1. The second kappa shape index (κ2) is 9.20. The monoisotopic (exact) mass is 201 g/mol. The lowest BCUT2D eigenvalue weighted by atomic mass is 10.0. The minimum atomic E-state index is 0.0463. The molecule has 0 aliphatic heterocycles. The van der Waals surface area contributed by atoms with E-state index in [-0.39, 0.29) is 11.8 Å². The Kier molecular flexibility index (Phi) is 10.6. The van der Waals surface area contributed by atoms with Gasteiger partial charge in [0.1, 0.15) is 5.78 Å². The van der Waals surface area contributed by atoms with Gasteiger partial charge in [0.25, 0.3) is 0 Å². The summed E-state index contributed by atoms with van der Waals surface area (Å²) in [5.41, 5.74) is 0. The molecule has 0 fully saturated rings. The predicted molar refractivity (Wildman–Crippen MR) is 63.5 cm³/mol. The molecule has 1 N–H and O–H groups in total. The third kappa shape index (κ3) is 9.72. The fraction of sp³-hybridized carbons (Fsp3) is 0.917. The number of carbonyl (C=O) groups excluding carboxylic acids is 1. The Bertz CT molecular complexity index is 131. The Labute approximate surface area is 89.5 Å². The molecule has 0 aromatic carbocycles. The Morgan fingerprint density at radius 3 is 1.79 bits per heavy atom. The summed E-state index contributed by atoms with van der Waals surface area (Å²) in [5.74, 6) is 0.822. The lowest BCUT2D eigenvalue weighted by Gasteiger charge is -2.20. The molecule has 0 heterocycles. The second-order valence-corrected chi connectivity index (χ2v) is 4.11. The van der Waals surface area contributed by atoms with Crippen molar-refractivity contribution in [2.45, 2.75) is 67.0 Å². The SMILES string of the molecule is CC.CC(=O)C(CC(C)C)NC(C)C. The molecular weight excluding hydrogens is 174 g/mol. The maximum Gasteiger partial charge on any atom is 0.146 e. The zero-order valence-electron chi connectivity index (χ0n) is 10.8. The molecule has 0 spiro atoms. The first-order valence-corrected chi connectivity index (χ1v) is 5.70. The van der Waals surface area contributed by atoms with E-state index < -0.39 is 0 Å². The molecule has 0 aromatic rings. The topological polar surface area (TPSA) is 29.1 Å². The van der Waals surface area contributed by atoms with E-state index in [9.17, 15) is 4.79 Å². The van der Waals surface area contributed by atoms with Gasteiger partial charge in [-0.05, 0) is 19.3 Å². The first kappa shape index (κ1) is 16.1. The van der Waals surface area contributed by atoms with Gasteiger partial charge in [-0.3, -0.25) is 4.79 Å². The van der Waals surface area contributed by atoms with Gasteiger partial charge in [0.15, 0.2) is 0 Å². The smallest absolute Gasteiger partial charge is 0.146 e. The van der Waals surface area contributed by atoms with Crippen LogP contribution in [0.25, 0.3) is 0 Å². The Morgan fingerprint density at radius 1 is 1.14 bits per heavy atom. The fourth-order valence-electron chi connectivity index (χ4n) is 1.23. The molecular formula is C12H27NO. The molecule has 14 heavy (non-hydrogen) atoms. The van der Waals surface area contributed by atoms with Gasteiger partial charge in [0, 0.05) is 6.04 Å². The molecule has 0 radical (unpaired) electrons. The van der Waals surface area contributed by atoms with Crippen molar-refractivity contribution in [3.8, 4) is 0 Å². The van der Waals surface area contributed by atoms with Crippen molar-refractivity contribution < 1.29 is 4.79 Å². The van der Waals surface area contributed by atoms with Crippen LogP contribution in [0.3, 0.4) is 0 Å². The van der Waals surface area contributed by atoms with E-state index in [0.29, 0.717) is 12.0 Å². The maximum absolute atomic E-state index is 11.2. The molecule has 2 heteroatoms. The lowest BCUT2D eigenvalue weighted by molar-refractivity contribution is -0.119. The van der Waals surface area contributed by atoms with Gasteiger partial charge in [-0.15, -0.1) is 0 Å². The third-order valence-corrected chi connectivity index (χ3v) is 1.73. The molecule has 0 aromatic heterocycles. The molecule has 0 amide bonds. The highest BCUT2D eigenvalue weighted by molar-refractivity contribution is 5.81. The molecule has 0 aliphatic carbocycles. The van der Waals surface area contributed by atoms with Crippen molar-refractivity contribution in [2.75, 3.05) is 0 Å². The minimum Gasteiger partial charge on any atom is -0.305 e. The molecule has 2 nitrogen and oxygen atoms in total. The first-order valence-electron chi connectivity index (χ1n) is 5.70. The van der Waals surface area contributed by atoms with E-state index in [1.807, 2.05) is 13.8 Å². The lowest BCUT2D eigenvalue weighted by Crippen LogP contribution is -2.40. The molecule has 0 rings (SSSR count). The molecule has 0 saturated heterocycles. The van der Waals surface area contributed by atoms with E-state index in [0.717, 1.165) is 6.42 Å². The highest BCUT2D eigenvalue weighted by Gasteiger charge is 2.15. The number of hydrogen-bond donors (Lipinski definition) is 1. The summed E-state index contributed by atoms with van der Waals surface area (Å²) in [4.78, 5) is 11.2. The maximum atomic E-state index is 11.2. The number of hydrogen-bond acceptors (Lipinski definition) is 2. The van der Waals surface area contributed by atoms with Gasteiger partial charge in [0.2, 0.25) is 0 Å². The third-order valence-electron chi connectivity index (χ3n) is 1.73. The fourth-order valence-corrected chi connectivity index (χ4v) is 1.23. The van der Waals surface area contributed by atoms with Gasteiger partial charge in [-0.1, -0.05) is 41.5 Å². The van der Waals surface area contributed by atoms with Gasteiger partial charge in [-0.25, -0.2) is 0 Å². The van der Waals surface area contributed by atoms with Gasteiger partial charge >= 0.3 is 0 Å². The molecule has 1 atom stereocenters. The van der Waals surface area contributed by atoms with Crippen molar-refractivity contribution in [1.82, 2.24) is 5.32 Å². The van der Waals surface area contributed by atoms with Gasteiger partial charge in [0.05, 0.1) is 6.04 Å². The molecule has 0 saturated carbocycles. The number of nitrogens with one attached hydrogen (secondary N) is 1. The van der Waals surface area contributed by atoms with Crippen LogP contribution in [-0.4, -0.2) is 17.9 Å². The summed E-state index contributed by atoms with van der Waals surface area (Å²) in [6.07, 6.45) is 0.938. The summed E-state index contributed by atoms with van der Waals surface area (Å²) in [5, 5.41) is 3.26.